The first kappa shape index (κ1) is 14.1. The van der Waals surface area contributed by atoms with Gasteiger partial charge in [-0.15, -0.1) is 0 Å². The molecule has 0 aliphatic carbocycles. The predicted octanol–water partition coefficient (Wildman–Crippen LogP) is 2.24. The molecule has 2 rings (SSSR count). The zero-order valence-electron chi connectivity index (χ0n) is 11.6. The maximum atomic E-state index is 12.1. The van der Waals surface area contributed by atoms with E-state index in [1.165, 1.54) is 0 Å². The van der Waals surface area contributed by atoms with Crippen molar-refractivity contribution in [1.29, 1.82) is 0 Å². The van der Waals surface area contributed by atoms with Gasteiger partial charge in [-0.3, -0.25) is 4.79 Å². The molecule has 5 heteroatoms. The molecule has 0 aliphatic rings. The van der Waals surface area contributed by atoms with Crippen LogP contribution in [0.3, 0.4) is 0 Å². The Bertz CT molecular complexity index is 592. The fraction of sp³-hybridized carbons (Fsp3) is 0.267. The molecule has 106 valence electrons. The molecule has 0 saturated heterocycles. The molecular weight excluding hydrogens is 256 g/mol. The summed E-state index contributed by atoms with van der Waals surface area (Å²) < 4.78 is 10.6. The Morgan fingerprint density at radius 2 is 2.10 bits per heavy atom. The second kappa shape index (κ2) is 6.25. The molecule has 2 aromatic rings. The Balaban J connectivity index is 2.10. The van der Waals surface area contributed by atoms with Crippen molar-refractivity contribution < 1.29 is 13.9 Å². The number of carbonyl (C=O) groups is 1. The number of furan rings is 1. The summed E-state index contributed by atoms with van der Waals surface area (Å²) in [5.41, 5.74) is 6.36. The normalized spacial score (nSPS) is 11.9. The molecule has 0 saturated carbocycles. The van der Waals surface area contributed by atoms with Crippen molar-refractivity contribution in [3.05, 3.63) is 53.5 Å². The average molecular weight is 274 g/mol. The van der Waals surface area contributed by atoms with Crippen LogP contribution in [-0.2, 0) is 6.54 Å². The van der Waals surface area contributed by atoms with Gasteiger partial charge in [-0.1, -0.05) is 18.2 Å². The number of hydrogen-bond acceptors (Lipinski definition) is 4. The van der Waals surface area contributed by atoms with Crippen LogP contribution in [0.2, 0.25) is 0 Å². The van der Waals surface area contributed by atoms with Crippen LogP contribution in [0, 0.1) is 0 Å². The lowest BCUT2D eigenvalue weighted by molar-refractivity contribution is 0.0909. The summed E-state index contributed by atoms with van der Waals surface area (Å²) >= 11 is 0. The topological polar surface area (TPSA) is 77.5 Å². The van der Waals surface area contributed by atoms with Gasteiger partial charge in [-0.05, 0) is 25.1 Å². The molecular formula is C15H18N2O3. The fourth-order valence-corrected chi connectivity index (χ4v) is 1.98. The van der Waals surface area contributed by atoms with Crippen molar-refractivity contribution in [3.8, 4) is 5.75 Å². The van der Waals surface area contributed by atoms with Crippen LogP contribution in [0.5, 0.6) is 5.75 Å². The van der Waals surface area contributed by atoms with E-state index in [9.17, 15) is 4.79 Å². The van der Waals surface area contributed by atoms with Crippen LogP contribution in [-0.4, -0.2) is 13.0 Å². The van der Waals surface area contributed by atoms with Gasteiger partial charge in [0.2, 0.25) is 0 Å². The van der Waals surface area contributed by atoms with E-state index in [1.54, 1.807) is 19.2 Å². The summed E-state index contributed by atoms with van der Waals surface area (Å²) in [5, 5.41) is 2.87. The Kier molecular flexibility index (Phi) is 4.42. The largest absolute Gasteiger partial charge is 0.496 e. The molecule has 0 fully saturated rings. The Morgan fingerprint density at radius 1 is 1.35 bits per heavy atom. The van der Waals surface area contributed by atoms with E-state index < -0.39 is 0 Å². The van der Waals surface area contributed by atoms with Gasteiger partial charge >= 0.3 is 0 Å². The number of para-hydroxylation sites is 1. The third-order valence-electron chi connectivity index (χ3n) is 3.04. The van der Waals surface area contributed by atoms with Crippen LogP contribution < -0.4 is 15.8 Å². The number of carbonyl (C=O) groups excluding carboxylic acids is 1. The second-order valence-electron chi connectivity index (χ2n) is 4.41. The first-order valence-electron chi connectivity index (χ1n) is 6.38. The number of nitrogens with two attached hydrogens (primary N) is 1. The zero-order chi connectivity index (χ0) is 14.5. The number of ether oxygens (including phenoxy) is 1. The number of methoxy groups -OCH3 is 1. The van der Waals surface area contributed by atoms with E-state index in [0.717, 1.165) is 11.3 Å². The number of benzene rings is 1. The first-order chi connectivity index (χ1) is 9.65. The SMILES string of the molecule is COc1ccccc1[C@@H](C)NC(=O)c1ccc(CN)o1. The number of nitrogens with one attached hydrogen (secondary N) is 1. The first-order valence-corrected chi connectivity index (χ1v) is 6.38. The quantitative estimate of drug-likeness (QED) is 0.876. The molecule has 1 atom stereocenters. The zero-order valence-corrected chi connectivity index (χ0v) is 11.6. The van der Waals surface area contributed by atoms with Crippen molar-refractivity contribution in [3.63, 3.8) is 0 Å². The molecule has 1 amide bonds. The van der Waals surface area contributed by atoms with Gasteiger partial charge in [-0.2, -0.15) is 0 Å². The highest BCUT2D eigenvalue weighted by molar-refractivity contribution is 5.91. The van der Waals surface area contributed by atoms with E-state index >= 15 is 0 Å². The van der Waals surface area contributed by atoms with Crippen LogP contribution in [0.4, 0.5) is 0 Å². The van der Waals surface area contributed by atoms with Gasteiger partial charge in [0, 0.05) is 5.56 Å². The number of hydrogen-bond donors (Lipinski definition) is 2. The van der Waals surface area contributed by atoms with Crippen molar-refractivity contribution in [2.45, 2.75) is 19.5 Å². The van der Waals surface area contributed by atoms with Gasteiger partial charge in [0.15, 0.2) is 5.76 Å². The minimum atomic E-state index is -0.275. The Labute approximate surface area is 117 Å². The second-order valence-corrected chi connectivity index (χ2v) is 4.41. The molecule has 0 unspecified atom stereocenters. The van der Waals surface area contributed by atoms with Crippen molar-refractivity contribution in [2.75, 3.05) is 7.11 Å². The molecule has 0 spiro atoms. The molecule has 1 heterocycles. The van der Waals surface area contributed by atoms with Crippen LogP contribution in [0.25, 0.3) is 0 Å². The van der Waals surface area contributed by atoms with E-state index in [0.29, 0.717) is 5.76 Å². The molecule has 0 radical (unpaired) electrons. The molecule has 5 nitrogen and oxygen atoms in total. The summed E-state index contributed by atoms with van der Waals surface area (Å²) in [4.78, 5) is 12.1. The third kappa shape index (κ3) is 3.00. The van der Waals surface area contributed by atoms with E-state index in [-0.39, 0.29) is 24.3 Å². The molecule has 0 aliphatic heterocycles. The lowest BCUT2D eigenvalue weighted by atomic mass is 10.1. The van der Waals surface area contributed by atoms with Gasteiger partial charge in [0.25, 0.3) is 5.91 Å². The van der Waals surface area contributed by atoms with Crippen molar-refractivity contribution >= 4 is 5.91 Å². The van der Waals surface area contributed by atoms with Crippen LogP contribution in [0.15, 0.2) is 40.8 Å². The van der Waals surface area contributed by atoms with E-state index in [2.05, 4.69) is 5.32 Å². The summed E-state index contributed by atoms with van der Waals surface area (Å²) in [5.74, 6) is 1.30. The summed E-state index contributed by atoms with van der Waals surface area (Å²) in [6.07, 6.45) is 0. The summed E-state index contributed by atoms with van der Waals surface area (Å²) in [7, 11) is 1.60. The lowest BCUT2D eigenvalue weighted by Gasteiger charge is -2.16. The van der Waals surface area contributed by atoms with Crippen molar-refractivity contribution in [1.82, 2.24) is 5.32 Å². The Morgan fingerprint density at radius 3 is 2.75 bits per heavy atom. The number of amides is 1. The van der Waals surface area contributed by atoms with Gasteiger partial charge in [-0.25, -0.2) is 0 Å². The smallest absolute Gasteiger partial charge is 0.287 e. The highest BCUT2D eigenvalue weighted by Crippen LogP contribution is 2.24. The summed E-state index contributed by atoms with van der Waals surface area (Å²) in [6, 6.07) is 10.7. The van der Waals surface area contributed by atoms with Crippen LogP contribution >= 0.6 is 0 Å². The monoisotopic (exact) mass is 274 g/mol. The van der Waals surface area contributed by atoms with E-state index in [4.69, 9.17) is 14.9 Å². The fourth-order valence-electron chi connectivity index (χ4n) is 1.98. The van der Waals surface area contributed by atoms with Gasteiger partial charge in [0.1, 0.15) is 11.5 Å². The molecule has 3 N–H and O–H groups in total. The lowest BCUT2D eigenvalue weighted by Crippen LogP contribution is -2.26. The maximum absolute atomic E-state index is 12.1. The highest BCUT2D eigenvalue weighted by Gasteiger charge is 2.17. The molecule has 1 aromatic carbocycles. The highest BCUT2D eigenvalue weighted by atomic mass is 16.5. The molecule has 20 heavy (non-hydrogen) atoms. The van der Waals surface area contributed by atoms with Crippen LogP contribution in [0.1, 0.15) is 34.8 Å². The standard InChI is InChI=1S/C15H18N2O3/c1-10(12-5-3-4-6-13(12)19-2)17-15(18)14-8-7-11(9-16)20-14/h3-8,10H,9,16H2,1-2H3,(H,17,18)/t10-/m1/s1. The summed E-state index contributed by atoms with van der Waals surface area (Å²) in [6.45, 7) is 2.16. The minimum Gasteiger partial charge on any atom is -0.496 e. The Hall–Kier alpha value is -2.27. The van der Waals surface area contributed by atoms with Gasteiger partial charge in [0.05, 0.1) is 19.7 Å². The molecule has 0 bridgehead atoms. The average Bonchev–Trinajstić information content (AvgIpc) is 2.96. The van der Waals surface area contributed by atoms with Crippen molar-refractivity contribution in [2.24, 2.45) is 5.73 Å². The van der Waals surface area contributed by atoms with Gasteiger partial charge < -0.3 is 20.2 Å². The number of rotatable bonds is 5. The van der Waals surface area contributed by atoms with E-state index in [1.807, 2.05) is 31.2 Å². The maximum Gasteiger partial charge on any atom is 0.287 e. The molecule has 1 aromatic heterocycles. The minimum absolute atomic E-state index is 0.190. The third-order valence-corrected chi connectivity index (χ3v) is 3.04. The predicted molar refractivity (Wildman–Crippen MR) is 75.5 cm³/mol.